The van der Waals surface area contributed by atoms with Crippen LogP contribution >= 0.6 is 0 Å². The van der Waals surface area contributed by atoms with Crippen molar-refractivity contribution in [3.8, 4) is 23.0 Å². The average Bonchev–Trinajstić information content (AvgIpc) is 3.68. The predicted molar refractivity (Wildman–Crippen MR) is 157 cm³/mol. The molecule has 228 valence electrons. The fourth-order valence-electron chi connectivity index (χ4n) is 6.03. The Morgan fingerprint density at radius 2 is 1.86 bits per heavy atom. The number of ether oxygens (including phenoxy) is 4. The molecule has 44 heavy (non-hydrogen) atoms. The molecule has 0 radical (unpaired) electrons. The summed E-state index contributed by atoms with van der Waals surface area (Å²) in [5.41, 5.74) is 2.59. The molecule has 3 aromatic carbocycles. The second-order valence-corrected chi connectivity index (χ2v) is 10.8. The first-order valence-corrected chi connectivity index (χ1v) is 14.3. The fraction of sp³-hybridized carbons (Fsp3) is 0.303. The summed E-state index contributed by atoms with van der Waals surface area (Å²) in [4.78, 5) is 40.9. The largest absolute Gasteiger partial charge is 0.493 e. The molecule has 6 rings (SSSR count). The number of methoxy groups -OCH3 is 1. The maximum Gasteiger partial charge on any atom is 0.247 e. The number of aldehydes is 1. The fourth-order valence-corrected chi connectivity index (χ4v) is 6.03. The predicted octanol–water partition coefficient (Wildman–Crippen LogP) is 2.13. The third kappa shape index (κ3) is 5.47. The first kappa shape index (κ1) is 29.2. The zero-order chi connectivity index (χ0) is 30.8. The van der Waals surface area contributed by atoms with Crippen molar-refractivity contribution in [2.24, 2.45) is 0 Å². The molecule has 2 amide bonds. The van der Waals surface area contributed by atoms with Crippen LogP contribution in [0.2, 0.25) is 0 Å². The number of aliphatic hydroxyl groups is 2. The molecule has 3 aliphatic rings. The molecular formula is C33H32N2O9. The van der Waals surface area contributed by atoms with E-state index in [2.05, 4.69) is 5.32 Å². The highest BCUT2D eigenvalue weighted by Crippen LogP contribution is 2.51. The van der Waals surface area contributed by atoms with Gasteiger partial charge in [0.2, 0.25) is 18.6 Å². The SMILES string of the molecule is COc1cc(C=O)cc2c1O[C@@H]1[C@@H](O)[C@H](N(Cc3ccc4c(c3)OCO4)C(=O)Cc3ccccc3)C=C(C(=O)NCCO)[C@H]21. The number of hydrogen-bond acceptors (Lipinski definition) is 9. The van der Waals surface area contributed by atoms with Crippen LogP contribution in [0, 0.1) is 0 Å². The number of aliphatic hydroxyl groups excluding tert-OH is 2. The first-order chi connectivity index (χ1) is 21.4. The zero-order valence-electron chi connectivity index (χ0n) is 24.0. The van der Waals surface area contributed by atoms with E-state index in [1.165, 1.54) is 18.1 Å². The Morgan fingerprint density at radius 1 is 1.07 bits per heavy atom. The van der Waals surface area contributed by atoms with Gasteiger partial charge < -0.3 is 39.4 Å². The molecule has 0 saturated heterocycles. The van der Waals surface area contributed by atoms with Gasteiger partial charge in [-0.1, -0.05) is 36.4 Å². The Kier molecular flexibility index (Phi) is 8.23. The van der Waals surface area contributed by atoms with Crippen molar-refractivity contribution in [3.63, 3.8) is 0 Å². The smallest absolute Gasteiger partial charge is 0.247 e. The van der Waals surface area contributed by atoms with E-state index in [0.29, 0.717) is 34.7 Å². The lowest BCUT2D eigenvalue weighted by molar-refractivity contribution is -0.137. The van der Waals surface area contributed by atoms with E-state index in [0.717, 1.165) is 11.1 Å². The van der Waals surface area contributed by atoms with E-state index in [1.54, 1.807) is 24.3 Å². The number of rotatable bonds is 10. The molecule has 3 N–H and O–H groups in total. The molecule has 0 unspecified atom stereocenters. The summed E-state index contributed by atoms with van der Waals surface area (Å²) >= 11 is 0. The second-order valence-electron chi connectivity index (χ2n) is 10.8. The molecule has 11 heteroatoms. The first-order valence-electron chi connectivity index (χ1n) is 14.3. The van der Waals surface area contributed by atoms with E-state index in [9.17, 15) is 24.6 Å². The Balaban J connectivity index is 1.43. The third-order valence-corrected chi connectivity index (χ3v) is 8.08. The number of benzene rings is 3. The zero-order valence-corrected chi connectivity index (χ0v) is 24.0. The monoisotopic (exact) mass is 600 g/mol. The van der Waals surface area contributed by atoms with Crippen molar-refractivity contribution in [1.82, 2.24) is 10.2 Å². The molecule has 0 fully saturated rings. The van der Waals surface area contributed by atoms with E-state index < -0.39 is 30.1 Å². The molecule has 0 aromatic heterocycles. The summed E-state index contributed by atoms with van der Waals surface area (Å²) in [6.07, 6.45) is 0.0740. The van der Waals surface area contributed by atoms with Gasteiger partial charge in [0, 0.05) is 29.8 Å². The van der Waals surface area contributed by atoms with E-state index in [1.807, 2.05) is 36.4 Å². The summed E-state index contributed by atoms with van der Waals surface area (Å²) in [5.74, 6) is 0.215. The highest BCUT2D eigenvalue weighted by molar-refractivity contribution is 5.96. The van der Waals surface area contributed by atoms with Crippen LogP contribution in [-0.4, -0.2) is 78.5 Å². The molecule has 4 atom stereocenters. The maximum absolute atomic E-state index is 14.0. The molecule has 2 aliphatic heterocycles. The van der Waals surface area contributed by atoms with E-state index in [4.69, 9.17) is 18.9 Å². The molecule has 0 spiro atoms. The molecule has 11 nitrogen and oxygen atoms in total. The van der Waals surface area contributed by atoms with Crippen LogP contribution in [0.5, 0.6) is 23.0 Å². The number of amides is 2. The Bertz CT molecular complexity index is 1610. The number of fused-ring (bicyclic) bond motifs is 4. The van der Waals surface area contributed by atoms with Crippen LogP contribution in [0.25, 0.3) is 0 Å². The van der Waals surface area contributed by atoms with Gasteiger partial charge in [0.15, 0.2) is 23.0 Å². The van der Waals surface area contributed by atoms with Crippen LogP contribution in [0.4, 0.5) is 0 Å². The van der Waals surface area contributed by atoms with Crippen molar-refractivity contribution >= 4 is 18.1 Å². The van der Waals surface area contributed by atoms with Gasteiger partial charge in [-0.3, -0.25) is 14.4 Å². The van der Waals surface area contributed by atoms with Gasteiger partial charge >= 0.3 is 0 Å². The van der Waals surface area contributed by atoms with Crippen LogP contribution in [-0.2, 0) is 22.6 Å². The van der Waals surface area contributed by atoms with Crippen LogP contribution in [0.15, 0.2) is 72.3 Å². The van der Waals surface area contributed by atoms with Gasteiger partial charge in [0.1, 0.15) is 18.5 Å². The number of nitrogens with one attached hydrogen (secondary N) is 1. The summed E-state index contributed by atoms with van der Waals surface area (Å²) < 4.78 is 22.8. The van der Waals surface area contributed by atoms with Gasteiger partial charge in [-0.15, -0.1) is 0 Å². The van der Waals surface area contributed by atoms with Crippen LogP contribution < -0.4 is 24.3 Å². The number of hydrogen-bond donors (Lipinski definition) is 3. The van der Waals surface area contributed by atoms with Crippen LogP contribution in [0.3, 0.4) is 0 Å². The lowest BCUT2D eigenvalue weighted by atomic mass is 9.77. The molecule has 3 aromatic rings. The molecular weight excluding hydrogens is 568 g/mol. The minimum atomic E-state index is -1.26. The lowest BCUT2D eigenvalue weighted by Gasteiger charge is -2.41. The van der Waals surface area contributed by atoms with Crippen molar-refractivity contribution in [2.75, 3.05) is 27.1 Å². The molecule has 0 saturated carbocycles. The van der Waals surface area contributed by atoms with E-state index >= 15 is 0 Å². The molecule has 2 heterocycles. The second kappa shape index (κ2) is 12.4. The summed E-state index contributed by atoms with van der Waals surface area (Å²) in [5, 5.41) is 24.0. The number of carbonyl (C=O) groups is 3. The minimum Gasteiger partial charge on any atom is -0.493 e. The van der Waals surface area contributed by atoms with Gasteiger partial charge in [-0.2, -0.15) is 0 Å². The minimum absolute atomic E-state index is 0.0000413. The summed E-state index contributed by atoms with van der Waals surface area (Å²) in [7, 11) is 1.44. The van der Waals surface area contributed by atoms with Crippen LogP contribution in [0.1, 0.15) is 33.0 Å². The third-order valence-electron chi connectivity index (χ3n) is 8.08. The number of carbonyl (C=O) groups excluding carboxylic acids is 3. The molecule has 0 bridgehead atoms. The van der Waals surface area contributed by atoms with Crippen molar-refractivity contribution in [1.29, 1.82) is 0 Å². The Hall–Kier alpha value is -4.87. The van der Waals surface area contributed by atoms with Gasteiger partial charge in [-0.25, -0.2) is 0 Å². The quantitative estimate of drug-likeness (QED) is 0.298. The highest BCUT2D eigenvalue weighted by atomic mass is 16.7. The van der Waals surface area contributed by atoms with Crippen molar-refractivity contribution in [2.45, 2.75) is 37.1 Å². The Labute approximate surface area is 253 Å². The molecule has 1 aliphatic carbocycles. The normalized spacial score (nSPS) is 20.9. The standard InChI is InChI=1S/C33H32N2O9/c1-41-27-13-21(17-37)11-22-29-23(33(40)34-9-10-36)15-24(30(39)32(29)44-31(22)27)35(28(38)14-19-5-3-2-4-6-19)16-20-7-8-25-26(12-20)43-18-42-25/h2-8,11-13,15,17,24,29-30,32,36,39H,9-10,14,16,18H2,1H3,(H,34,40)/t24-,29+,30+,32+/m1/s1. The highest BCUT2D eigenvalue weighted by Gasteiger charge is 2.51. The van der Waals surface area contributed by atoms with Gasteiger partial charge in [0.25, 0.3) is 0 Å². The topological polar surface area (TPSA) is 144 Å². The van der Waals surface area contributed by atoms with Crippen molar-refractivity contribution < 1.29 is 43.5 Å². The number of nitrogens with zero attached hydrogens (tertiary/aromatic N) is 1. The average molecular weight is 601 g/mol. The van der Waals surface area contributed by atoms with Gasteiger partial charge in [0.05, 0.1) is 32.1 Å². The maximum atomic E-state index is 14.0. The summed E-state index contributed by atoms with van der Waals surface area (Å²) in [6.45, 7) is -0.0850. The lowest BCUT2D eigenvalue weighted by Crippen LogP contribution is -2.55. The van der Waals surface area contributed by atoms with Crippen molar-refractivity contribution in [3.05, 3.63) is 94.6 Å². The summed E-state index contributed by atoms with van der Waals surface area (Å²) in [6, 6.07) is 16.8. The van der Waals surface area contributed by atoms with Gasteiger partial charge in [-0.05, 0) is 41.5 Å². The van der Waals surface area contributed by atoms with E-state index in [-0.39, 0.29) is 50.1 Å². The Morgan fingerprint density at radius 3 is 2.61 bits per heavy atom.